The number of amides is 2. The molecule has 1 aliphatic heterocycles. The molecule has 0 atom stereocenters. The van der Waals surface area contributed by atoms with Crippen molar-refractivity contribution >= 4 is 27.7 Å². The third-order valence-corrected chi connectivity index (χ3v) is 5.72. The van der Waals surface area contributed by atoms with E-state index < -0.39 is 0 Å². The van der Waals surface area contributed by atoms with E-state index in [1.165, 1.54) is 19.3 Å². The zero-order valence-corrected chi connectivity index (χ0v) is 15.6. The quantitative estimate of drug-likeness (QED) is 0.851. The minimum atomic E-state index is 0.0829. The molecule has 2 aliphatic rings. The van der Waals surface area contributed by atoms with Gasteiger partial charge in [-0.15, -0.1) is 0 Å². The van der Waals surface area contributed by atoms with E-state index in [1.807, 2.05) is 29.2 Å². The van der Waals surface area contributed by atoms with Crippen LogP contribution >= 0.6 is 15.9 Å². The minimum Gasteiger partial charge on any atom is -0.353 e. The average Bonchev–Trinajstić information content (AvgIpc) is 2.63. The van der Waals surface area contributed by atoms with Crippen molar-refractivity contribution in [2.24, 2.45) is 5.92 Å². The van der Waals surface area contributed by atoms with E-state index in [0.717, 1.165) is 35.7 Å². The van der Waals surface area contributed by atoms with Gasteiger partial charge in [0.15, 0.2) is 0 Å². The van der Waals surface area contributed by atoms with Crippen LogP contribution in [0.15, 0.2) is 28.7 Å². The molecule has 2 fully saturated rings. The van der Waals surface area contributed by atoms with E-state index in [2.05, 4.69) is 21.2 Å². The van der Waals surface area contributed by atoms with Gasteiger partial charge in [-0.05, 0) is 49.9 Å². The second-order valence-electron chi connectivity index (χ2n) is 6.92. The highest BCUT2D eigenvalue weighted by atomic mass is 79.9. The largest absolute Gasteiger partial charge is 0.353 e. The van der Waals surface area contributed by atoms with Gasteiger partial charge in [-0.25, -0.2) is 0 Å². The highest BCUT2D eigenvalue weighted by molar-refractivity contribution is 9.10. The van der Waals surface area contributed by atoms with Crippen LogP contribution in [0.4, 0.5) is 0 Å². The number of hydrogen-bond acceptors (Lipinski definition) is 2. The fourth-order valence-electron chi connectivity index (χ4n) is 3.69. The smallest absolute Gasteiger partial charge is 0.253 e. The lowest BCUT2D eigenvalue weighted by Gasteiger charge is -2.33. The lowest BCUT2D eigenvalue weighted by Crippen LogP contribution is -2.48. The average molecular weight is 393 g/mol. The summed E-state index contributed by atoms with van der Waals surface area (Å²) in [6.07, 6.45) is 7.39. The number of hydrogen-bond donors (Lipinski definition) is 1. The van der Waals surface area contributed by atoms with E-state index in [4.69, 9.17) is 0 Å². The van der Waals surface area contributed by atoms with E-state index in [-0.39, 0.29) is 23.8 Å². The van der Waals surface area contributed by atoms with Gasteiger partial charge in [0.2, 0.25) is 5.91 Å². The summed E-state index contributed by atoms with van der Waals surface area (Å²) in [6.45, 7) is 1.43. The monoisotopic (exact) mass is 392 g/mol. The summed E-state index contributed by atoms with van der Waals surface area (Å²) in [5, 5.41) is 3.21. The molecule has 1 aromatic carbocycles. The number of carbonyl (C=O) groups is 2. The van der Waals surface area contributed by atoms with Gasteiger partial charge in [0, 0.05) is 35.1 Å². The van der Waals surface area contributed by atoms with Crippen LogP contribution in [0.3, 0.4) is 0 Å². The summed E-state index contributed by atoms with van der Waals surface area (Å²) in [6, 6.07) is 7.70. The van der Waals surface area contributed by atoms with E-state index in [1.54, 1.807) is 0 Å². The molecule has 130 valence electrons. The van der Waals surface area contributed by atoms with Gasteiger partial charge < -0.3 is 10.2 Å². The number of benzene rings is 1. The number of halogens is 1. The molecule has 1 saturated carbocycles. The molecule has 3 rings (SSSR count). The van der Waals surface area contributed by atoms with Gasteiger partial charge >= 0.3 is 0 Å². The Bertz CT molecular complexity index is 574. The third kappa shape index (κ3) is 4.38. The number of piperidine rings is 1. The second kappa shape index (κ2) is 8.15. The molecule has 2 amide bonds. The summed E-state index contributed by atoms with van der Waals surface area (Å²) in [5.41, 5.74) is 0.725. The Hall–Kier alpha value is -1.36. The molecule has 24 heavy (non-hydrogen) atoms. The summed E-state index contributed by atoms with van der Waals surface area (Å²) >= 11 is 3.39. The van der Waals surface area contributed by atoms with E-state index in [9.17, 15) is 9.59 Å². The Morgan fingerprint density at radius 3 is 2.21 bits per heavy atom. The zero-order valence-electron chi connectivity index (χ0n) is 14.0. The molecule has 0 unspecified atom stereocenters. The van der Waals surface area contributed by atoms with Crippen LogP contribution in [0.25, 0.3) is 0 Å². The molecule has 0 aromatic heterocycles. The third-order valence-electron chi connectivity index (χ3n) is 5.20. The van der Waals surface area contributed by atoms with Gasteiger partial charge in [-0.3, -0.25) is 9.59 Å². The first-order chi connectivity index (χ1) is 11.6. The Morgan fingerprint density at radius 2 is 1.58 bits per heavy atom. The minimum absolute atomic E-state index is 0.0829. The summed E-state index contributed by atoms with van der Waals surface area (Å²) in [7, 11) is 0. The van der Waals surface area contributed by atoms with Crippen LogP contribution in [0.1, 0.15) is 55.3 Å². The molecule has 5 heteroatoms. The van der Waals surface area contributed by atoms with Gasteiger partial charge in [0.1, 0.15) is 0 Å². The van der Waals surface area contributed by atoms with E-state index in [0.29, 0.717) is 13.1 Å². The number of nitrogens with one attached hydrogen (secondary N) is 1. The molecule has 1 saturated heterocycles. The first-order valence-electron chi connectivity index (χ1n) is 8.99. The van der Waals surface area contributed by atoms with Crippen molar-refractivity contribution in [3.63, 3.8) is 0 Å². The van der Waals surface area contributed by atoms with Crippen molar-refractivity contribution in [2.45, 2.75) is 51.0 Å². The van der Waals surface area contributed by atoms with Crippen molar-refractivity contribution in [3.8, 4) is 0 Å². The van der Waals surface area contributed by atoms with E-state index >= 15 is 0 Å². The van der Waals surface area contributed by atoms with Gasteiger partial charge in [0.25, 0.3) is 5.91 Å². The first-order valence-corrected chi connectivity index (χ1v) is 9.78. The lowest BCUT2D eigenvalue weighted by molar-refractivity contribution is -0.126. The fourth-order valence-corrected chi connectivity index (χ4v) is 3.95. The van der Waals surface area contributed by atoms with Crippen molar-refractivity contribution in [2.75, 3.05) is 13.1 Å². The normalized spacial score (nSPS) is 20.0. The number of rotatable bonds is 3. The molecule has 1 aromatic rings. The maximum atomic E-state index is 12.5. The Morgan fingerprint density at radius 1 is 0.958 bits per heavy atom. The molecular formula is C19H25BrN2O2. The summed E-state index contributed by atoms with van der Waals surface area (Å²) in [4.78, 5) is 26.7. The highest BCUT2D eigenvalue weighted by Gasteiger charge is 2.27. The molecule has 1 N–H and O–H groups in total. The van der Waals surface area contributed by atoms with Crippen molar-refractivity contribution in [1.82, 2.24) is 10.2 Å². The number of nitrogens with zero attached hydrogens (tertiary/aromatic N) is 1. The van der Waals surface area contributed by atoms with Crippen LogP contribution in [0, 0.1) is 5.92 Å². The summed E-state index contributed by atoms with van der Waals surface area (Å²) < 4.78 is 0.975. The van der Waals surface area contributed by atoms with Crippen LogP contribution in [-0.4, -0.2) is 35.8 Å². The van der Waals surface area contributed by atoms with Crippen LogP contribution in [-0.2, 0) is 4.79 Å². The lowest BCUT2D eigenvalue weighted by atomic mass is 9.88. The van der Waals surface area contributed by atoms with Crippen molar-refractivity contribution < 1.29 is 9.59 Å². The molecule has 4 nitrogen and oxygen atoms in total. The van der Waals surface area contributed by atoms with Crippen LogP contribution in [0.5, 0.6) is 0 Å². The number of likely N-dealkylation sites (tertiary alicyclic amines) is 1. The topological polar surface area (TPSA) is 49.4 Å². The Kier molecular flexibility index (Phi) is 5.93. The Labute approximate surface area is 152 Å². The molecule has 0 spiro atoms. The van der Waals surface area contributed by atoms with Crippen molar-refractivity contribution in [1.29, 1.82) is 0 Å². The predicted octanol–water partition coefficient (Wildman–Crippen LogP) is 3.75. The molecule has 1 heterocycles. The van der Waals surface area contributed by atoms with Crippen molar-refractivity contribution in [3.05, 3.63) is 34.3 Å². The summed E-state index contributed by atoms with van der Waals surface area (Å²) in [5.74, 6) is 0.521. The van der Waals surface area contributed by atoms with Gasteiger partial charge in [0.05, 0.1) is 0 Å². The molecular weight excluding hydrogens is 368 g/mol. The maximum Gasteiger partial charge on any atom is 0.253 e. The molecule has 1 aliphatic carbocycles. The fraction of sp³-hybridized carbons (Fsp3) is 0.579. The van der Waals surface area contributed by atoms with Gasteiger partial charge in [-0.2, -0.15) is 0 Å². The SMILES string of the molecule is O=C(NC1CCN(C(=O)c2ccc(Br)cc2)CC1)C1CCCCC1. The number of carbonyl (C=O) groups excluding carboxylic acids is 2. The standard InChI is InChI=1S/C19H25BrN2O2/c20-16-8-6-15(7-9-16)19(24)22-12-10-17(11-13-22)21-18(23)14-4-2-1-3-5-14/h6-9,14,17H,1-5,10-13H2,(H,21,23). The predicted molar refractivity (Wildman–Crippen MR) is 97.8 cm³/mol. The molecule has 0 bridgehead atoms. The highest BCUT2D eigenvalue weighted by Crippen LogP contribution is 2.24. The van der Waals surface area contributed by atoms with Crippen LogP contribution < -0.4 is 5.32 Å². The van der Waals surface area contributed by atoms with Crippen LogP contribution in [0.2, 0.25) is 0 Å². The second-order valence-corrected chi connectivity index (χ2v) is 7.83. The molecule has 0 radical (unpaired) electrons. The van der Waals surface area contributed by atoms with Gasteiger partial charge in [-0.1, -0.05) is 35.2 Å². The zero-order chi connectivity index (χ0) is 16.9. The maximum absolute atomic E-state index is 12.5. The Balaban J connectivity index is 1.47. The first kappa shape index (κ1) is 17.5.